The third kappa shape index (κ3) is 2.95. The van der Waals surface area contributed by atoms with Gasteiger partial charge in [-0.25, -0.2) is 4.68 Å². The first-order chi connectivity index (χ1) is 15.2. The van der Waals surface area contributed by atoms with Gasteiger partial charge in [0.25, 0.3) is 5.91 Å². The van der Waals surface area contributed by atoms with Crippen LogP contribution in [0.2, 0.25) is 0 Å². The van der Waals surface area contributed by atoms with Crippen LogP contribution < -0.4 is 0 Å². The molecule has 5 aromatic rings. The maximum absolute atomic E-state index is 13.2. The summed E-state index contributed by atoms with van der Waals surface area (Å²) in [6.45, 7) is 3.07. The van der Waals surface area contributed by atoms with Crippen LogP contribution in [0.5, 0.6) is 0 Å². The molecule has 6 rings (SSSR count). The fraction of sp³-hybridized carbons (Fsp3) is 0.130. The number of carbonyl (C=O) groups is 1. The van der Waals surface area contributed by atoms with Crippen molar-refractivity contribution in [1.82, 2.24) is 28.0 Å². The predicted octanol–water partition coefficient (Wildman–Crippen LogP) is 4.13. The second-order valence-corrected chi connectivity index (χ2v) is 8.24. The molecule has 7 nitrogen and oxygen atoms in total. The molecular weight excluding hydrogens is 408 g/mol. The van der Waals surface area contributed by atoms with Gasteiger partial charge in [-0.2, -0.15) is 13.8 Å². The van der Waals surface area contributed by atoms with Crippen molar-refractivity contribution in [2.75, 3.05) is 0 Å². The van der Waals surface area contributed by atoms with Gasteiger partial charge in [0.2, 0.25) is 0 Å². The normalized spacial score (nSPS) is 13.1. The summed E-state index contributed by atoms with van der Waals surface area (Å²) in [4.78, 5) is 15.0. The van der Waals surface area contributed by atoms with Crippen molar-refractivity contribution in [3.05, 3.63) is 89.4 Å². The second kappa shape index (κ2) is 6.88. The molecule has 0 atom stereocenters. The molecule has 0 aliphatic carbocycles. The summed E-state index contributed by atoms with van der Waals surface area (Å²) < 4.78 is 12.5. The molecule has 1 aliphatic heterocycles. The Morgan fingerprint density at radius 3 is 2.55 bits per heavy atom. The van der Waals surface area contributed by atoms with Crippen LogP contribution in [0.15, 0.2) is 67.0 Å². The Morgan fingerprint density at radius 2 is 1.74 bits per heavy atom. The van der Waals surface area contributed by atoms with Crippen molar-refractivity contribution in [3.63, 3.8) is 0 Å². The topological polar surface area (TPSA) is 68.8 Å². The van der Waals surface area contributed by atoms with Crippen LogP contribution in [-0.4, -0.2) is 33.9 Å². The van der Waals surface area contributed by atoms with Crippen molar-refractivity contribution in [3.8, 4) is 11.5 Å². The summed E-state index contributed by atoms with van der Waals surface area (Å²) >= 11 is 1.16. The molecular formula is C23H18N6OS. The molecule has 0 saturated heterocycles. The van der Waals surface area contributed by atoms with E-state index >= 15 is 0 Å². The monoisotopic (exact) mass is 426 g/mol. The lowest BCUT2D eigenvalue weighted by Gasteiger charge is -2.17. The SMILES string of the molecule is Cc1ccc(-n2nc3c(c2-n2cccc2)CN(C(=O)c2ccc4nsnc4c2)C3)cc1. The number of hydrogen-bond donors (Lipinski definition) is 0. The number of aryl methyl sites for hydroxylation is 1. The Kier molecular flexibility index (Phi) is 4.00. The van der Waals surface area contributed by atoms with Crippen LogP contribution in [0.4, 0.5) is 0 Å². The molecule has 0 N–H and O–H groups in total. The van der Waals surface area contributed by atoms with E-state index in [9.17, 15) is 4.79 Å². The zero-order valence-electron chi connectivity index (χ0n) is 16.8. The Bertz CT molecular complexity index is 1410. The summed E-state index contributed by atoms with van der Waals surface area (Å²) in [6.07, 6.45) is 4.02. The van der Waals surface area contributed by atoms with Crippen LogP contribution in [0, 0.1) is 6.92 Å². The van der Waals surface area contributed by atoms with Gasteiger partial charge in [0.15, 0.2) is 0 Å². The standard InChI is InChI=1S/C23H18N6OS/c1-15-4-7-17(8-5-15)29-22(27-10-2-3-11-27)18-13-28(14-21(18)24-29)23(30)16-6-9-19-20(12-16)26-31-25-19/h2-12H,13-14H2,1H3. The van der Waals surface area contributed by atoms with Gasteiger partial charge in [-0.15, -0.1) is 0 Å². The van der Waals surface area contributed by atoms with Crippen LogP contribution in [-0.2, 0) is 13.1 Å². The van der Waals surface area contributed by atoms with Gasteiger partial charge in [-0.3, -0.25) is 4.79 Å². The maximum Gasteiger partial charge on any atom is 0.254 e. The second-order valence-electron chi connectivity index (χ2n) is 7.72. The molecule has 2 aromatic carbocycles. The first-order valence-corrected chi connectivity index (χ1v) is 10.7. The summed E-state index contributed by atoms with van der Waals surface area (Å²) in [5.41, 5.74) is 6.40. The minimum atomic E-state index is -0.0201. The van der Waals surface area contributed by atoms with E-state index in [1.54, 1.807) is 0 Å². The zero-order valence-corrected chi connectivity index (χ0v) is 17.6. The van der Waals surface area contributed by atoms with Crippen LogP contribution >= 0.6 is 11.7 Å². The largest absolute Gasteiger partial charge is 0.328 e. The van der Waals surface area contributed by atoms with E-state index < -0.39 is 0 Å². The highest BCUT2D eigenvalue weighted by molar-refractivity contribution is 7.00. The van der Waals surface area contributed by atoms with E-state index in [1.807, 2.05) is 52.3 Å². The number of hydrogen-bond acceptors (Lipinski definition) is 5. The van der Waals surface area contributed by atoms with E-state index in [2.05, 4.69) is 44.5 Å². The molecule has 152 valence electrons. The number of rotatable bonds is 3. The maximum atomic E-state index is 13.2. The quantitative estimate of drug-likeness (QED) is 0.435. The minimum absolute atomic E-state index is 0.0201. The zero-order chi connectivity index (χ0) is 20.9. The average molecular weight is 427 g/mol. The molecule has 3 aromatic heterocycles. The molecule has 1 aliphatic rings. The molecule has 1 amide bonds. The molecule has 0 fully saturated rings. The van der Waals surface area contributed by atoms with Gasteiger partial charge in [-0.05, 0) is 49.4 Å². The van der Waals surface area contributed by atoms with Crippen molar-refractivity contribution in [2.24, 2.45) is 0 Å². The summed E-state index contributed by atoms with van der Waals surface area (Å²) in [7, 11) is 0. The number of aromatic nitrogens is 5. The fourth-order valence-corrected chi connectivity index (χ4v) is 4.57. The predicted molar refractivity (Wildman–Crippen MR) is 119 cm³/mol. The third-order valence-corrected chi connectivity index (χ3v) is 6.20. The Hall–Kier alpha value is -3.78. The van der Waals surface area contributed by atoms with Gasteiger partial charge < -0.3 is 9.47 Å². The van der Waals surface area contributed by atoms with Gasteiger partial charge in [0.05, 0.1) is 36.2 Å². The molecule has 0 bridgehead atoms. The Morgan fingerprint density at radius 1 is 0.968 bits per heavy atom. The number of fused-ring (bicyclic) bond motifs is 2. The van der Waals surface area contributed by atoms with E-state index in [0.29, 0.717) is 18.7 Å². The molecule has 0 unspecified atom stereocenters. The average Bonchev–Trinajstić information content (AvgIpc) is 3.56. The highest BCUT2D eigenvalue weighted by atomic mass is 32.1. The molecule has 0 spiro atoms. The molecule has 0 radical (unpaired) electrons. The minimum Gasteiger partial charge on any atom is -0.328 e. The number of amides is 1. The number of nitrogens with zero attached hydrogens (tertiary/aromatic N) is 6. The molecule has 31 heavy (non-hydrogen) atoms. The van der Waals surface area contributed by atoms with Crippen molar-refractivity contribution in [1.29, 1.82) is 0 Å². The number of benzene rings is 2. The van der Waals surface area contributed by atoms with Gasteiger partial charge in [-0.1, -0.05) is 17.7 Å². The first-order valence-electron chi connectivity index (χ1n) is 10.00. The van der Waals surface area contributed by atoms with Gasteiger partial charge in [0.1, 0.15) is 16.9 Å². The first kappa shape index (κ1) is 18.0. The smallest absolute Gasteiger partial charge is 0.254 e. The van der Waals surface area contributed by atoms with Crippen LogP contribution in [0.25, 0.3) is 22.5 Å². The Labute approximate surface area is 182 Å². The van der Waals surface area contributed by atoms with E-state index in [-0.39, 0.29) is 5.91 Å². The van der Waals surface area contributed by atoms with E-state index in [1.165, 1.54) is 5.56 Å². The van der Waals surface area contributed by atoms with Gasteiger partial charge in [0, 0.05) is 23.5 Å². The van der Waals surface area contributed by atoms with Crippen LogP contribution in [0.1, 0.15) is 27.2 Å². The van der Waals surface area contributed by atoms with E-state index in [0.717, 1.165) is 45.5 Å². The summed E-state index contributed by atoms with van der Waals surface area (Å²) in [5, 5.41) is 4.90. The fourth-order valence-electron chi connectivity index (χ4n) is 4.05. The molecule has 8 heteroatoms. The highest BCUT2D eigenvalue weighted by Crippen LogP contribution is 2.31. The third-order valence-electron chi connectivity index (χ3n) is 5.64. The lowest BCUT2D eigenvalue weighted by Crippen LogP contribution is -2.26. The van der Waals surface area contributed by atoms with Crippen molar-refractivity contribution in [2.45, 2.75) is 20.0 Å². The summed E-state index contributed by atoms with van der Waals surface area (Å²) in [5.74, 6) is 0.951. The molecule has 0 saturated carbocycles. The summed E-state index contributed by atoms with van der Waals surface area (Å²) in [6, 6.07) is 17.8. The lowest BCUT2D eigenvalue weighted by molar-refractivity contribution is 0.0749. The van der Waals surface area contributed by atoms with Gasteiger partial charge >= 0.3 is 0 Å². The lowest BCUT2D eigenvalue weighted by atomic mass is 10.2. The van der Waals surface area contributed by atoms with Crippen molar-refractivity contribution >= 4 is 28.7 Å². The van der Waals surface area contributed by atoms with Crippen molar-refractivity contribution < 1.29 is 4.79 Å². The molecule has 4 heterocycles. The van der Waals surface area contributed by atoms with E-state index in [4.69, 9.17) is 5.10 Å². The number of carbonyl (C=O) groups excluding carboxylic acids is 1. The highest BCUT2D eigenvalue weighted by Gasteiger charge is 2.32. The Balaban J connectivity index is 1.38. The van der Waals surface area contributed by atoms with Crippen LogP contribution in [0.3, 0.4) is 0 Å².